The van der Waals surface area contributed by atoms with Crippen LogP contribution in [0.5, 0.6) is 0 Å². The number of hydrogen-bond acceptors (Lipinski definition) is 15. The molecule has 0 radical (unpaired) electrons. The van der Waals surface area contributed by atoms with E-state index in [0.29, 0.717) is 0 Å². The number of likely N-dealkylation sites (N-methyl/N-ethyl adjacent to an activating group) is 7. The molecule has 0 aromatic heterocycles. The zero-order valence-corrected chi connectivity index (χ0v) is 59.6. The van der Waals surface area contributed by atoms with Gasteiger partial charge in [0.25, 0.3) is 0 Å². The van der Waals surface area contributed by atoms with Gasteiger partial charge in [-0.1, -0.05) is 95.2 Å². The van der Waals surface area contributed by atoms with E-state index in [4.69, 9.17) is 9.94 Å². The Bertz CT molecular complexity index is 2550. The van der Waals surface area contributed by atoms with Crippen molar-refractivity contribution >= 4 is 70.9 Å². The third kappa shape index (κ3) is 23.1. The van der Waals surface area contributed by atoms with Gasteiger partial charge in [-0.15, -0.1) is 0 Å². The van der Waals surface area contributed by atoms with Crippen molar-refractivity contribution in [2.75, 3.05) is 55.9 Å². The van der Waals surface area contributed by atoms with Gasteiger partial charge >= 0.3 is 0 Å². The lowest BCUT2D eigenvalue weighted by molar-refractivity contribution is -0.157. The third-order valence-electron chi connectivity index (χ3n) is 17.3. The first-order valence-electron chi connectivity index (χ1n) is 32.5. The van der Waals surface area contributed by atoms with Crippen LogP contribution in [-0.2, 0) is 62.3 Å². The van der Waals surface area contributed by atoms with Crippen LogP contribution >= 0.6 is 0 Å². The molecule has 12 amide bonds. The molecular formula is C65H116N12O15. The van der Waals surface area contributed by atoms with Crippen LogP contribution in [0.25, 0.3) is 0 Å². The van der Waals surface area contributed by atoms with E-state index < -0.39 is 167 Å². The molecule has 92 heavy (non-hydrogen) atoms. The first-order chi connectivity index (χ1) is 42.6. The highest BCUT2D eigenvalue weighted by atomic mass is 16.5. The van der Waals surface area contributed by atoms with Gasteiger partial charge in [0.2, 0.25) is 70.9 Å². The Morgan fingerprint density at radius 2 is 0.978 bits per heavy atom. The molecule has 1 aliphatic heterocycles. The molecule has 1 saturated heterocycles. The smallest absolute Gasteiger partial charge is 0.246 e. The predicted molar refractivity (Wildman–Crippen MR) is 348 cm³/mol. The number of aliphatic hydroxyl groups is 1. The van der Waals surface area contributed by atoms with Crippen LogP contribution in [0.2, 0.25) is 0 Å². The van der Waals surface area contributed by atoms with Crippen LogP contribution in [-0.4, -0.2) is 250 Å². The summed E-state index contributed by atoms with van der Waals surface area (Å²) in [5, 5.41) is 32.1. The monoisotopic (exact) mass is 1300 g/mol. The fraction of sp³-hybridized carbons (Fsp3) is 0.785. The molecule has 0 aromatic carbocycles. The number of aliphatic hydroxyl groups excluding tert-OH is 1. The average molecular weight is 1310 g/mol. The van der Waals surface area contributed by atoms with Crippen molar-refractivity contribution in [2.45, 2.75) is 241 Å². The van der Waals surface area contributed by atoms with Crippen LogP contribution in [0, 0.1) is 35.5 Å². The van der Waals surface area contributed by atoms with Crippen molar-refractivity contribution in [3.8, 4) is 0 Å². The number of ether oxygens (including phenoxy) is 1. The Hall–Kier alpha value is -6.74. The molecule has 27 nitrogen and oxygen atoms in total. The van der Waals surface area contributed by atoms with E-state index >= 15 is 14.4 Å². The minimum absolute atomic E-state index is 0.0480. The molecule has 0 saturated carbocycles. The van der Waals surface area contributed by atoms with Gasteiger partial charge < -0.3 is 65.4 Å². The Morgan fingerprint density at radius 3 is 1.46 bits per heavy atom. The quantitative estimate of drug-likeness (QED) is 0.0422. The summed E-state index contributed by atoms with van der Waals surface area (Å²) >= 11 is 0. The minimum Gasteiger partial charge on any atom is -0.390 e. The minimum atomic E-state index is -1.67. The number of nitrogens with one attached hydrogen (secondary N) is 5. The number of carbonyl (C=O) groups is 12. The van der Waals surface area contributed by atoms with Crippen molar-refractivity contribution in [1.29, 1.82) is 0 Å². The maximum Gasteiger partial charge on any atom is 0.246 e. The van der Waals surface area contributed by atoms with Crippen LogP contribution < -0.4 is 26.7 Å². The molecular weight excluding hydrogens is 1190 g/mol. The summed E-state index contributed by atoms with van der Waals surface area (Å²) in [4.78, 5) is 182. The van der Waals surface area contributed by atoms with Crippen LogP contribution in [0.3, 0.4) is 0 Å². The van der Waals surface area contributed by atoms with Crippen molar-refractivity contribution in [3.05, 3.63) is 12.2 Å². The molecule has 0 aromatic rings. The lowest BCUT2D eigenvalue weighted by Crippen LogP contribution is -2.64. The molecule has 1 aliphatic rings. The molecule has 7 N–H and O–H groups in total. The van der Waals surface area contributed by atoms with Gasteiger partial charge in [0, 0.05) is 62.4 Å². The Kier molecular flexibility index (Phi) is 34.8. The lowest BCUT2D eigenvalue weighted by Gasteiger charge is -2.41. The van der Waals surface area contributed by atoms with Gasteiger partial charge in [0.1, 0.15) is 66.5 Å². The Morgan fingerprint density at radius 1 is 0.522 bits per heavy atom. The molecule has 14 atom stereocenters. The summed E-state index contributed by atoms with van der Waals surface area (Å²) in [5.41, 5.74) is 1.54. The zero-order chi connectivity index (χ0) is 71.3. The van der Waals surface area contributed by atoms with Gasteiger partial charge in [-0.25, -0.2) is 5.48 Å². The number of allylic oxidation sites excluding steroid dienone is 2. The molecule has 27 heteroatoms. The molecule has 0 unspecified atom stereocenters. The maximum atomic E-state index is 15.2. The van der Waals surface area contributed by atoms with Crippen molar-refractivity contribution in [2.24, 2.45) is 35.5 Å². The number of hydroxylamine groups is 1. The molecule has 1 fully saturated rings. The maximum absolute atomic E-state index is 15.2. The second kappa shape index (κ2) is 38.4. The molecule has 0 bridgehead atoms. The van der Waals surface area contributed by atoms with E-state index in [1.54, 1.807) is 66.1 Å². The van der Waals surface area contributed by atoms with E-state index in [9.17, 15) is 48.3 Å². The van der Waals surface area contributed by atoms with Crippen molar-refractivity contribution in [1.82, 2.24) is 61.0 Å². The van der Waals surface area contributed by atoms with Gasteiger partial charge in [-0.2, -0.15) is 0 Å². The summed E-state index contributed by atoms with van der Waals surface area (Å²) < 4.78 is 6.04. The molecule has 0 spiro atoms. The third-order valence-corrected chi connectivity index (χ3v) is 17.3. The Labute approximate surface area is 547 Å². The fourth-order valence-electron chi connectivity index (χ4n) is 11.3. The number of hydrogen-bond donors (Lipinski definition) is 7. The highest BCUT2D eigenvalue weighted by Crippen LogP contribution is 2.26. The normalized spacial score (nSPS) is 26.8. The van der Waals surface area contributed by atoms with Crippen molar-refractivity contribution in [3.63, 3.8) is 0 Å². The van der Waals surface area contributed by atoms with Gasteiger partial charge in [-0.3, -0.25) is 62.7 Å². The van der Waals surface area contributed by atoms with E-state index in [1.165, 1.54) is 96.6 Å². The predicted octanol–water partition coefficient (Wildman–Crippen LogP) is 2.30. The summed E-state index contributed by atoms with van der Waals surface area (Å²) in [6.45, 7) is 28.5. The topological polar surface area (TPSA) is 337 Å². The highest BCUT2D eigenvalue weighted by molar-refractivity contribution is 6.00. The van der Waals surface area contributed by atoms with E-state index in [-0.39, 0.29) is 69.3 Å². The Balaban J connectivity index is 4.45. The second-order valence-corrected chi connectivity index (χ2v) is 27.0. The van der Waals surface area contributed by atoms with Gasteiger partial charge in [0.05, 0.1) is 12.2 Å². The first kappa shape index (κ1) is 83.3. The van der Waals surface area contributed by atoms with Crippen molar-refractivity contribution < 1.29 is 72.6 Å². The number of nitrogens with zero attached hydrogens (tertiary/aromatic N) is 7. The van der Waals surface area contributed by atoms with Crippen LogP contribution in [0.15, 0.2) is 12.2 Å². The number of carbonyl (C=O) groups excluding carboxylic acids is 12. The molecule has 526 valence electrons. The van der Waals surface area contributed by atoms with Crippen LogP contribution in [0.1, 0.15) is 163 Å². The summed E-state index contributed by atoms with van der Waals surface area (Å²) in [6.07, 6.45) is 1.33. The van der Waals surface area contributed by atoms with Gasteiger partial charge in [0.15, 0.2) is 0 Å². The summed E-state index contributed by atoms with van der Waals surface area (Å²) in [5.74, 6) is -11.4. The van der Waals surface area contributed by atoms with E-state index in [2.05, 4.69) is 21.3 Å². The first-order valence-corrected chi connectivity index (χ1v) is 32.5. The average Bonchev–Trinajstić information content (AvgIpc) is 0.821. The molecule has 0 aliphatic carbocycles. The molecule has 1 rings (SSSR count). The zero-order valence-electron chi connectivity index (χ0n) is 59.6. The largest absolute Gasteiger partial charge is 0.390 e. The standard InChI is InChI=1S/C65H116N12O15/c1-25-27-29-40(13)54(79)53-58(83)68-45(26-2)61(86)71(18)43(16)60(85)76(23)52(44(17)92-31-28-30-49(78)70-91)57(82)69-50(38(9)10)64(89)72(19)46(32-35(3)4)56(81)66-41(14)55(80)67-42(15)59(84)73(20)47(33-36(5)6)62(87)74(21)48(34-37(7)8)63(88)75(22)51(39(11)12)65(90)77(53)24/h25,27,35-48,50-54,79,91H,26,28-34H2,1-24H3,(H,66,81)(H,67,80)(H,68,83)(H,69,82)(H,70,78)/b27-25+/t40-,41+,42+,43-,44-,45+,46-,47+,48-,50+,51+,52+,53+,54-/m1/s1. The number of amides is 12. The highest BCUT2D eigenvalue weighted by Gasteiger charge is 2.46. The van der Waals surface area contributed by atoms with Gasteiger partial charge in [-0.05, 0) is 109 Å². The second-order valence-electron chi connectivity index (χ2n) is 27.0. The summed E-state index contributed by atoms with van der Waals surface area (Å²) in [7, 11) is 9.62. The molecule has 1 heterocycles. The fourth-order valence-corrected chi connectivity index (χ4v) is 11.3. The lowest BCUT2D eigenvalue weighted by atomic mass is 9.91. The number of rotatable bonds is 19. The van der Waals surface area contributed by atoms with E-state index in [0.717, 1.165) is 14.7 Å². The van der Waals surface area contributed by atoms with Crippen LogP contribution in [0.4, 0.5) is 0 Å². The van der Waals surface area contributed by atoms with E-state index in [1.807, 2.05) is 41.5 Å². The SMILES string of the molecule is C/C=C/C[C@@H](C)[C@@H](O)[C@H]1C(=O)N[C@@H](CC)C(=O)N(C)[C@H](C)C(=O)N(C)[C@@H]([C@@H](C)OCCCC(=O)NO)C(=O)N[C@@H](C(C)C)C(=O)N(C)[C@H](CC(C)C)C(=O)N[C@@H](C)C(=O)N[C@@H](C)C(=O)N(C)[C@@H](CC(C)C)C(=O)N(C)[C@H](CC(C)C)C(=O)N(C)[C@@H](C(C)C)C(=O)N1C. The summed E-state index contributed by atoms with van der Waals surface area (Å²) in [6, 6.07) is -14.7.